The zero-order chi connectivity index (χ0) is 12.7. The van der Waals surface area contributed by atoms with E-state index in [0.717, 1.165) is 12.3 Å². The lowest BCUT2D eigenvalue weighted by atomic mass is 9.50. The van der Waals surface area contributed by atoms with Crippen LogP contribution >= 0.6 is 0 Å². The summed E-state index contributed by atoms with van der Waals surface area (Å²) >= 11 is 0. The zero-order valence-electron chi connectivity index (χ0n) is 11.9. The number of nitrogens with one attached hydrogen (secondary N) is 1. The van der Waals surface area contributed by atoms with Crippen LogP contribution in [0.4, 0.5) is 0 Å². The molecule has 2 N–H and O–H groups in total. The predicted octanol–water partition coefficient (Wildman–Crippen LogP) is 2.95. The largest absolute Gasteiger partial charge is 0.395 e. The van der Waals surface area contributed by atoms with Gasteiger partial charge in [0, 0.05) is 12.1 Å². The van der Waals surface area contributed by atoms with Crippen LogP contribution in [-0.2, 0) is 0 Å². The van der Waals surface area contributed by atoms with Gasteiger partial charge in [-0.25, -0.2) is 0 Å². The van der Waals surface area contributed by atoms with E-state index in [2.05, 4.69) is 33.0 Å². The summed E-state index contributed by atoms with van der Waals surface area (Å²) in [4.78, 5) is 0. The van der Waals surface area contributed by atoms with E-state index in [9.17, 15) is 5.11 Å². The van der Waals surface area contributed by atoms with Gasteiger partial charge in [-0.05, 0) is 48.9 Å². The Morgan fingerprint density at radius 3 is 2.24 bits per heavy atom. The topological polar surface area (TPSA) is 32.3 Å². The number of rotatable bonds is 4. The van der Waals surface area contributed by atoms with Crippen molar-refractivity contribution < 1.29 is 5.11 Å². The van der Waals surface area contributed by atoms with Crippen molar-refractivity contribution >= 4 is 0 Å². The Morgan fingerprint density at radius 2 is 1.82 bits per heavy atom. The van der Waals surface area contributed by atoms with E-state index < -0.39 is 0 Å². The maximum atomic E-state index is 9.44. The van der Waals surface area contributed by atoms with Crippen molar-refractivity contribution in [1.82, 2.24) is 5.32 Å². The fourth-order valence-electron chi connectivity index (χ4n) is 4.10. The van der Waals surface area contributed by atoms with Crippen molar-refractivity contribution in [3.63, 3.8) is 0 Å². The van der Waals surface area contributed by atoms with Crippen LogP contribution in [0.15, 0.2) is 0 Å². The van der Waals surface area contributed by atoms with Gasteiger partial charge in [-0.1, -0.05) is 27.7 Å². The highest BCUT2D eigenvalue weighted by atomic mass is 16.3. The molecule has 0 aromatic rings. The summed E-state index contributed by atoms with van der Waals surface area (Å²) in [6.07, 6.45) is 6.63. The van der Waals surface area contributed by atoms with Crippen molar-refractivity contribution in [3.05, 3.63) is 0 Å². The molecule has 2 aliphatic rings. The first kappa shape index (κ1) is 13.4. The molecule has 2 saturated carbocycles. The minimum absolute atomic E-state index is 0.275. The summed E-state index contributed by atoms with van der Waals surface area (Å²) < 4.78 is 0. The average Bonchev–Trinajstić information content (AvgIpc) is 2.08. The molecule has 17 heavy (non-hydrogen) atoms. The highest BCUT2D eigenvalue weighted by molar-refractivity contribution is 5.05. The number of hydrogen-bond donors (Lipinski definition) is 2. The summed E-state index contributed by atoms with van der Waals surface area (Å²) in [6.45, 7) is 9.37. The van der Waals surface area contributed by atoms with Crippen LogP contribution in [0.5, 0.6) is 0 Å². The van der Waals surface area contributed by atoms with Crippen LogP contribution in [0.3, 0.4) is 0 Å². The summed E-state index contributed by atoms with van der Waals surface area (Å²) in [7, 11) is 0. The predicted molar refractivity (Wildman–Crippen MR) is 71.9 cm³/mol. The van der Waals surface area contributed by atoms with Gasteiger partial charge >= 0.3 is 0 Å². The van der Waals surface area contributed by atoms with Gasteiger partial charge in [0.1, 0.15) is 0 Å². The van der Waals surface area contributed by atoms with E-state index in [4.69, 9.17) is 0 Å². The standard InChI is InChI=1S/C15H29NO/c1-11-5-15(6-11)8-12(9-15)16-13(10-17)7-14(2,3)4/h11-13,16-17H,5-10H2,1-4H3. The first-order chi connectivity index (χ1) is 7.82. The van der Waals surface area contributed by atoms with Gasteiger partial charge in [-0.15, -0.1) is 0 Å². The molecular formula is C15H29NO. The lowest BCUT2D eigenvalue weighted by molar-refractivity contribution is -0.0481. The van der Waals surface area contributed by atoms with Gasteiger partial charge in [0.2, 0.25) is 0 Å². The van der Waals surface area contributed by atoms with Crippen molar-refractivity contribution in [2.24, 2.45) is 16.7 Å². The van der Waals surface area contributed by atoms with Crippen molar-refractivity contribution in [3.8, 4) is 0 Å². The molecule has 100 valence electrons. The van der Waals surface area contributed by atoms with E-state index in [-0.39, 0.29) is 12.6 Å². The second kappa shape index (κ2) is 4.55. The van der Waals surface area contributed by atoms with Crippen LogP contribution in [0.2, 0.25) is 0 Å². The summed E-state index contributed by atoms with van der Waals surface area (Å²) in [6, 6.07) is 0.955. The monoisotopic (exact) mass is 239 g/mol. The highest BCUT2D eigenvalue weighted by Crippen LogP contribution is 2.58. The third-order valence-corrected chi connectivity index (χ3v) is 4.47. The average molecular weight is 239 g/mol. The van der Waals surface area contributed by atoms with E-state index in [1.165, 1.54) is 25.7 Å². The molecule has 2 fully saturated rings. The van der Waals surface area contributed by atoms with Gasteiger partial charge in [0.15, 0.2) is 0 Å². The van der Waals surface area contributed by atoms with Crippen LogP contribution in [0.1, 0.15) is 59.8 Å². The van der Waals surface area contributed by atoms with Gasteiger partial charge in [-0.2, -0.15) is 0 Å². The molecule has 1 atom stereocenters. The first-order valence-corrected chi connectivity index (χ1v) is 7.19. The molecule has 0 radical (unpaired) electrons. The summed E-state index contributed by atoms with van der Waals surface area (Å²) in [5.74, 6) is 0.958. The number of aliphatic hydroxyl groups is 1. The fourth-order valence-corrected chi connectivity index (χ4v) is 4.10. The molecular weight excluding hydrogens is 210 g/mol. The molecule has 0 aromatic heterocycles. The smallest absolute Gasteiger partial charge is 0.0584 e. The van der Waals surface area contributed by atoms with E-state index in [0.29, 0.717) is 16.9 Å². The fraction of sp³-hybridized carbons (Fsp3) is 1.00. The summed E-state index contributed by atoms with van der Waals surface area (Å²) in [5.41, 5.74) is 1.01. The van der Waals surface area contributed by atoms with Crippen molar-refractivity contribution in [1.29, 1.82) is 0 Å². The lowest BCUT2D eigenvalue weighted by Gasteiger charge is -2.58. The minimum Gasteiger partial charge on any atom is -0.395 e. The molecule has 1 spiro atoms. The Labute approximate surface area is 106 Å². The SMILES string of the molecule is CC1CC2(C1)CC(NC(CO)CC(C)(C)C)C2. The lowest BCUT2D eigenvalue weighted by Crippen LogP contribution is -2.57. The molecule has 2 rings (SSSR count). The molecule has 0 bridgehead atoms. The van der Waals surface area contributed by atoms with Crippen LogP contribution in [0.25, 0.3) is 0 Å². The Kier molecular flexibility index (Phi) is 3.57. The zero-order valence-corrected chi connectivity index (χ0v) is 11.9. The van der Waals surface area contributed by atoms with E-state index in [1.807, 2.05) is 0 Å². The molecule has 0 saturated heterocycles. The Bertz CT molecular complexity index is 255. The molecule has 0 amide bonds. The van der Waals surface area contributed by atoms with Gasteiger partial charge < -0.3 is 10.4 Å². The van der Waals surface area contributed by atoms with Gasteiger partial charge in [0.25, 0.3) is 0 Å². The third-order valence-electron chi connectivity index (χ3n) is 4.47. The molecule has 0 aliphatic heterocycles. The van der Waals surface area contributed by atoms with Gasteiger partial charge in [0.05, 0.1) is 6.61 Å². The maximum Gasteiger partial charge on any atom is 0.0584 e. The molecule has 2 nitrogen and oxygen atoms in total. The molecule has 2 aliphatic carbocycles. The quantitative estimate of drug-likeness (QED) is 0.790. The molecule has 2 heteroatoms. The minimum atomic E-state index is 0.275. The van der Waals surface area contributed by atoms with E-state index in [1.54, 1.807) is 0 Å². The maximum absolute atomic E-state index is 9.44. The molecule has 1 unspecified atom stereocenters. The van der Waals surface area contributed by atoms with Crippen molar-refractivity contribution in [2.75, 3.05) is 6.61 Å². The molecule has 0 heterocycles. The molecule has 0 aromatic carbocycles. The van der Waals surface area contributed by atoms with Crippen molar-refractivity contribution in [2.45, 2.75) is 71.9 Å². The second-order valence-electron chi connectivity index (χ2n) is 7.93. The number of aliphatic hydroxyl groups excluding tert-OH is 1. The Hall–Kier alpha value is -0.0800. The second-order valence-corrected chi connectivity index (χ2v) is 7.93. The number of hydrogen-bond acceptors (Lipinski definition) is 2. The third kappa shape index (κ3) is 3.23. The summed E-state index contributed by atoms with van der Waals surface area (Å²) in [5, 5.41) is 13.1. The Morgan fingerprint density at radius 1 is 1.24 bits per heavy atom. The highest BCUT2D eigenvalue weighted by Gasteiger charge is 2.51. The van der Waals surface area contributed by atoms with Crippen LogP contribution in [0, 0.1) is 16.7 Å². The van der Waals surface area contributed by atoms with Crippen LogP contribution < -0.4 is 5.32 Å². The van der Waals surface area contributed by atoms with Gasteiger partial charge in [-0.3, -0.25) is 0 Å². The normalized spacial score (nSPS) is 38.6. The van der Waals surface area contributed by atoms with E-state index >= 15 is 0 Å². The van der Waals surface area contributed by atoms with Crippen LogP contribution in [-0.4, -0.2) is 23.8 Å². The first-order valence-electron chi connectivity index (χ1n) is 7.19. The Balaban J connectivity index is 1.71.